The molecule has 0 saturated carbocycles. The van der Waals surface area contributed by atoms with E-state index in [2.05, 4.69) is 15.3 Å². The number of nitrogens with zero attached hydrogens (tertiary/aromatic N) is 3. The molecule has 8 nitrogen and oxygen atoms in total. The second-order valence-electron chi connectivity index (χ2n) is 8.37. The maximum Gasteiger partial charge on any atom is 0.258 e. The highest BCUT2D eigenvalue weighted by Crippen LogP contribution is 2.35. The number of nitrogen functional groups attached to an aromatic ring is 1. The number of fused-ring (bicyclic) bond motifs is 1. The van der Waals surface area contributed by atoms with Crippen molar-refractivity contribution in [2.75, 3.05) is 18.9 Å². The second-order valence-corrected chi connectivity index (χ2v) is 8.78. The summed E-state index contributed by atoms with van der Waals surface area (Å²) in [5.74, 6) is -0.274. The Morgan fingerprint density at radius 1 is 1.48 bits per heavy atom. The molecule has 0 bridgehead atoms. The highest BCUT2D eigenvalue weighted by molar-refractivity contribution is 6.31. The summed E-state index contributed by atoms with van der Waals surface area (Å²) in [6, 6.07) is 1.48. The topological polar surface area (TPSA) is 104 Å². The lowest BCUT2D eigenvalue weighted by molar-refractivity contribution is 0.0849. The third-order valence-electron chi connectivity index (χ3n) is 5.52. The van der Waals surface area contributed by atoms with Gasteiger partial charge in [0, 0.05) is 37.5 Å². The number of carbonyl (C=O) groups excluding carboxylic acids is 1. The van der Waals surface area contributed by atoms with E-state index in [4.69, 9.17) is 26.8 Å². The molecule has 0 unspecified atom stereocenters. The second kappa shape index (κ2) is 9.52. The van der Waals surface area contributed by atoms with Crippen molar-refractivity contribution >= 4 is 28.8 Å². The molecule has 10 heteroatoms. The number of halogens is 2. The Bertz CT molecular complexity index is 1190. The van der Waals surface area contributed by atoms with Gasteiger partial charge >= 0.3 is 0 Å². The summed E-state index contributed by atoms with van der Waals surface area (Å²) in [4.78, 5) is 21.8. The van der Waals surface area contributed by atoms with Crippen LogP contribution in [0.3, 0.4) is 0 Å². The number of benzene rings is 1. The van der Waals surface area contributed by atoms with Crippen molar-refractivity contribution in [2.45, 2.75) is 52.2 Å². The zero-order chi connectivity index (χ0) is 23.7. The summed E-state index contributed by atoms with van der Waals surface area (Å²) >= 11 is 6.22. The third-order valence-corrected chi connectivity index (χ3v) is 5.80. The molecular formula is C23H27ClFN5O3. The number of aromatic nitrogens is 3. The molecule has 3 N–H and O–H groups in total. The van der Waals surface area contributed by atoms with E-state index < -0.39 is 11.7 Å². The number of imidazole rings is 1. The Balaban J connectivity index is 1.75. The molecule has 1 saturated heterocycles. The van der Waals surface area contributed by atoms with Gasteiger partial charge in [-0.3, -0.25) is 9.20 Å². The van der Waals surface area contributed by atoms with Crippen LogP contribution in [0.5, 0.6) is 5.75 Å². The number of rotatable bonds is 7. The fraction of sp³-hybridized carbons (Fsp3) is 0.435. The van der Waals surface area contributed by atoms with Crippen LogP contribution in [0.4, 0.5) is 10.2 Å². The zero-order valence-electron chi connectivity index (χ0n) is 18.8. The summed E-state index contributed by atoms with van der Waals surface area (Å²) in [7, 11) is 0. The van der Waals surface area contributed by atoms with Gasteiger partial charge in [-0.2, -0.15) is 0 Å². The van der Waals surface area contributed by atoms with Gasteiger partial charge in [-0.1, -0.05) is 11.6 Å². The number of hydrogen-bond donors (Lipinski definition) is 2. The SMILES string of the molecule is Cc1nc(Cc2cc(Cl)c(F)c(C(=O)NC[C@H]3CCCO3)c2OC(C)C)n2ccnc(N)c12. The minimum absolute atomic E-state index is 0.0801. The smallest absolute Gasteiger partial charge is 0.258 e. The standard InChI is InChI=1S/C23H27ClFN5O3/c1-12(2)33-21-14(10-17-29-13(3)20-22(26)27-6-7-30(17)20)9-16(24)19(25)18(21)23(31)28-11-15-5-4-8-32-15/h6-7,9,12,15H,4-5,8,10-11H2,1-3H3,(H2,26,27)(H,28,31)/t15-/m1/s1. The molecule has 176 valence electrons. The van der Waals surface area contributed by atoms with Crippen molar-refractivity contribution < 1.29 is 18.7 Å². The number of nitrogens with two attached hydrogens (primary N) is 1. The number of hydrogen-bond acceptors (Lipinski definition) is 6. The Morgan fingerprint density at radius 2 is 2.27 bits per heavy atom. The van der Waals surface area contributed by atoms with Gasteiger partial charge < -0.3 is 20.5 Å². The molecule has 0 spiro atoms. The van der Waals surface area contributed by atoms with E-state index in [1.807, 2.05) is 25.2 Å². The zero-order valence-corrected chi connectivity index (χ0v) is 19.6. The van der Waals surface area contributed by atoms with Crippen molar-refractivity contribution in [3.05, 3.63) is 51.9 Å². The van der Waals surface area contributed by atoms with E-state index in [1.54, 1.807) is 12.4 Å². The van der Waals surface area contributed by atoms with Crippen molar-refractivity contribution in [2.24, 2.45) is 0 Å². The normalized spacial score (nSPS) is 16.0. The maximum absolute atomic E-state index is 15.1. The summed E-state index contributed by atoms with van der Waals surface area (Å²) in [6.07, 6.45) is 4.99. The van der Waals surface area contributed by atoms with Gasteiger partial charge in [-0.05, 0) is 39.7 Å². The molecule has 1 atom stereocenters. The Hall–Kier alpha value is -2.91. The average Bonchev–Trinajstić information content (AvgIpc) is 3.38. The van der Waals surface area contributed by atoms with E-state index in [1.165, 1.54) is 6.07 Å². The van der Waals surface area contributed by atoms with Crippen LogP contribution in [0.15, 0.2) is 18.5 Å². The average molecular weight is 476 g/mol. The van der Waals surface area contributed by atoms with Gasteiger partial charge in [0.1, 0.15) is 28.5 Å². The van der Waals surface area contributed by atoms with E-state index in [-0.39, 0.29) is 41.5 Å². The van der Waals surface area contributed by atoms with Gasteiger partial charge in [0.05, 0.1) is 22.9 Å². The maximum atomic E-state index is 15.1. The molecule has 2 aromatic heterocycles. The molecular weight excluding hydrogens is 449 g/mol. The van der Waals surface area contributed by atoms with Crippen molar-refractivity contribution in [1.82, 2.24) is 19.7 Å². The minimum atomic E-state index is -0.821. The van der Waals surface area contributed by atoms with Crippen LogP contribution in [0.25, 0.3) is 5.52 Å². The molecule has 1 fully saturated rings. The molecule has 0 aliphatic carbocycles. The minimum Gasteiger partial charge on any atom is -0.490 e. The van der Waals surface area contributed by atoms with E-state index in [0.717, 1.165) is 12.8 Å². The van der Waals surface area contributed by atoms with Crippen LogP contribution < -0.4 is 15.8 Å². The highest BCUT2D eigenvalue weighted by atomic mass is 35.5. The van der Waals surface area contributed by atoms with E-state index in [0.29, 0.717) is 35.0 Å². The molecule has 33 heavy (non-hydrogen) atoms. The lowest BCUT2D eigenvalue weighted by Gasteiger charge is -2.20. The molecule has 1 amide bonds. The van der Waals surface area contributed by atoms with Crippen LogP contribution in [-0.4, -0.2) is 45.6 Å². The quantitative estimate of drug-likeness (QED) is 0.540. The van der Waals surface area contributed by atoms with Gasteiger partial charge in [-0.15, -0.1) is 0 Å². The Morgan fingerprint density at radius 3 is 2.97 bits per heavy atom. The summed E-state index contributed by atoms with van der Waals surface area (Å²) in [6.45, 7) is 6.41. The van der Waals surface area contributed by atoms with Gasteiger partial charge in [0.25, 0.3) is 5.91 Å². The first-order chi connectivity index (χ1) is 15.8. The molecule has 3 heterocycles. The predicted octanol–water partition coefficient (Wildman–Crippen LogP) is 3.70. The van der Waals surface area contributed by atoms with Crippen LogP contribution in [0, 0.1) is 12.7 Å². The van der Waals surface area contributed by atoms with Crippen LogP contribution >= 0.6 is 11.6 Å². The third kappa shape index (κ3) is 4.74. The van der Waals surface area contributed by atoms with Crippen LogP contribution in [0.1, 0.15) is 54.1 Å². The fourth-order valence-electron chi connectivity index (χ4n) is 4.08. The molecule has 0 radical (unpaired) electrons. The lowest BCUT2D eigenvalue weighted by Crippen LogP contribution is -2.33. The molecule has 3 aromatic rings. The molecule has 1 aliphatic rings. The van der Waals surface area contributed by atoms with Crippen molar-refractivity contribution in [1.29, 1.82) is 0 Å². The lowest BCUT2D eigenvalue weighted by atomic mass is 10.0. The summed E-state index contributed by atoms with van der Waals surface area (Å²) in [5, 5.41) is 2.60. The molecule has 1 aliphatic heterocycles. The number of amides is 1. The molecule has 1 aromatic carbocycles. The Kier molecular flexibility index (Phi) is 6.71. The van der Waals surface area contributed by atoms with Crippen molar-refractivity contribution in [3.8, 4) is 5.75 Å². The fourth-order valence-corrected chi connectivity index (χ4v) is 4.30. The number of anilines is 1. The van der Waals surface area contributed by atoms with Gasteiger partial charge in [0.2, 0.25) is 0 Å². The number of ether oxygens (including phenoxy) is 2. The molecule has 4 rings (SSSR count). The van der Waals surface area contributed by atoms with E-state index >= 15 is 4.39 Å². The predicted molar refractivity (Wildman–Crippen MR) is 123 cm³/mol. The first kappa shape index (κ1) is 23.3. The number of aryl methyl sites for hydroxylation is 1. The highest BCUT2D eigenvalue weighted by Gasteiger charge is 2.27. The first-order valence-corrected chi connectivity index (χ1v) is 11.3. The number of carbonyl (C=O) groups is 1. The Labute approximate surface area is 196 Å². The largest absolute Gasteiger partial charge is 0.490 e. The van der Waals surface area contributed by atoms with E-state index in [9.17, 15) is 4.79 Å². The summed E-state index contributed by atoms with van der Waals surface area (Å²) < 4.78 is 28.5. The van der Waals surface area contributed by atoms with Gasteiger partial charge in [0.15, 0.2) is 5.82 Å². The number of nitrogens with one attached hydrogen (secondary N) is 1. The van der Waals surface area contributed by atoms with Crippen LogP contribution in [0.2, 0.25) is 5.02 Å². The van der Waals surface area contributed by atoms with Crippen LogP contribution in [-0.2, 0) is 11.2 Å². The summed E-state index contributed by atoms with van der Waals surface area (Å²) in [5.41, 5.74) is 7.75. The van der Waals surface area contributed by atoms with Gasteiger partial charge in [-0.25, -0.2) is 14.4 Å². The monoisotopic (exact) mass is 475 g/mol. The first-order valence-electron chi connectivity index (χ1n) is 10.9. The van der Waals surface area contributed by atoms with Crippen molar-refractivity contribution in [3.63, 3.8) is 0 Å².